The van der Waals surface area contributed by atoms with Crippen molar-refractivity contribution in [2.24, 2.45) is 17.8 Å². The second-order valence-corrected chi connectivity index (χ2v) is 7.12. The molecule has 2 saturated carbocycles. The molecule has 2 rings (SSSR count). The Balaban J connectivity index is 1.67. The highest BCUT2D eigenvalue weighted by Crippen LogP contribution is 2.31. The van der Waals surface area contributed by atoms with Gasteiger partial charge in [0, 0.05) is 18.3 Å². The molecule has 1 amide bonds. The van der Waals surface area contributed by atoms with E-state index in [1.54, 1.807) is 0 Å². The molecule has 0 spiro atoms. The van der Waals surface area contributed by atoms with E-state index in [4.69, 9.17) is 0 Å². The summed E-state index contributed by atoms with van der Waals surface area (Å²) in [5, 5.41) is 4.30. The summed E-state index contributed by atoms with van der Waals surface area (Å²) in [7, 11) is 0. The van der Waals surface area contributed by atoms with Crippen LogP contribution in [0.1, 0.15) is 64.2 Å². The lowest BCUT2D eigenvalue weighted by Gasteiger charge is -2.30. The van der Waals surface area contributed by atoms with Gasteiger partial charge in [-0.05, 0) is 43.4 Å². The van der Waals surface area contributed by atoms with E-state index in [1.807, 2.05) is 0 Å². The minimum absolute atomic E-state index is 0.297. The van der Waals surface area contributed by atoms with Crippen molar-refractivity contribution in [1.29, 1.82) is 0 Å². The third kappa shape index (κ3) is 5.09. The summed E-state index contributed by atoms with van der Waals surface area (Å²) in [6.45, 7) is 0.905. The zero-order valence-electron chi connectivity index (χ0n) is 12.0. The summed E-state index contributed by atoms with van der Waals surface area (Å²) in [6, 6.07) is 0. The first-order chi connectivity index (χ1) is 9.29. The Morgan fingerprint density at radius 3 is 2.26 bits per heavy atom. The van der Waals surface area contributed by atoms with Crippen LogP contribution in [-0.4, -0.2) is 17.8 Å². The van der Waals surface area contributed by atoms with E-state index < -0.39 is 0 Å². The summed E-state index contributed by atoms with van der Waals surface area (Å²) >= 11 is 3.63. The number of hydrogen-bond donors (Lipinski definition) is 1. The van der Waals surface area contributed by atoms with Crippen molar-refractivity contribution in [3.8, 4) is 0 Å². The maximum absolute atomic E-state index is 12.0. The van der Waals surface area contributed by atoms with Gasteiger partial charge in [0.2, 0.25) is 5.91 Å². The van der Waals surface area contributed by atoms with Crippen LogP contribution in [0.25, 0.3) is 0 Å². The number of halogens is 1. The second-order valence-electron chi connectivity index (χ2n) is 6.47. The van der Waals surface area contributed by atoms with E-state index in [9.17, 15) is 4.79 Å². The summed E-state index contributed by atoms with van der Waals surface area (Å²) < 4.78 is 0. The van der Waals surface area contributed by atoms with E-state index >= 15 is 0 Å². The number of carbonyl (C=O) groups excluding carboxylic acids is 1. The fourth-order valence-corrected chi connectivity index (χ4v) is 4.58. The Kier molecular flexibility index (Phi) is 6.69. The maximum atomic E-state index is 12.0. The third-order valence-corrected chi connectivity index (χ3v) is 5.86. The van der Waals surface area contributed by atoms with Gasteiger partial charge in [-0.2, -0.15) is 0 Å². The molecule has 0 saturated heterocycles. The predicted octanol–water partition coefficient (Wildman–Crippen LogP) is 4.27. The normalized spacial score (nSPS) is 29.1. The highest BCUT2D eigenvalue weighted by molar-refractivity contribution is 9.09. The van der Waals surface area contributed by atoms with Crippen molar-refractivity contribution in [3.63, 3.8) is 0 Å². The summed E-state index contributed by atoms with van der Waals surface area (Å²) in [5.41, 5.74) is 0. The van der Waals surface area contributed by atoms with E-state index in [0.29, 0.717) is 17.7 Å². The molecule has 19 heavy (non-hydrogen) atoms. The molecule has 2 atom stereocenters. The molecule has 0 aromatic carbocycles. The van der Waals surface area contributed by atoms with E-state index in [2.05, 4.69) is 21.2 Å². The molecule has 110 valence electrons. The maximum Gasteiger partial charge on any atom is 0.220 e. The number of rotatable bonds is 5. The molecule has 0 aromatic heterocycles. The fourth-order valence-electron chi connectivity index (χ4n) is 3.73. The summed E-state index contributed by atoms with van der Waals surface area (Å²) in [4.78, 5) is 12.0. The molecule has 0 radical (unpaired) electrons. The first kappa shape index (κ1) is 15.3. The van der Waals surface area contributed by atoms with Gasteiger partial charge in [0.1, 0.15) is 0 Å². The zero-order chi connectivity index (χ0) is 13.5. The van der Waals surface area contributed by atoms with Crippen LogP contribution in [0.2, 0.25) is 0 Å². The smallest absolute Gasteiger partial charge is 0.220 e. The van der Waals surface area contributed by atoms with Crippen LogP contribution in [0.4, 0.5) is 0 Å². The molecule has 2 fully saturated rings. The number of amides is 1. The number of hydrogen-bond acceptors (Lipinski definition) is 1. The minimum atomic E-state index is 0.297. The standard InChI is InChI=1S/C16H28BrNO/c17-11-14-8-4-5-9-15(14)12-18-16(19)10-13-6-2-1-3-7-13/h13-15H,1-12H2,(H,18,19). The van der Waals surface area contributed by atoms with Gasteiger partial charge in [-0.25, -0.2) is 0 Å². The SMILES string of the molecule is O=C(CC1CCCCC1)NCC1CCCCC1CBr. The van der Waals surface area contributed by atoms with Crippen molar-refractivity contribution in [3.05, 3.63) is 0 Å². The Hall–Kier alpha value is -0.0500. The molecule has 0 bridgehead atoms. The average molecular weight is 330 g/mol. The highest BCUT2D eigenvalue weighted by atomic mass is 79.9. The van der Waals surface area contributed by atoms with Crippen molar-refractivity contribution in [2.45, 2.75) is 64.2 Å². The molecule has 2 aliphatic carbocycles. The van der Waals surface area contributed by atoms with Crippen LogP contribution in [0, 0.1) is 17.8 Å². The van der Waals surface area contributed by atoms with Gasteiger partial charge in [-0.1, -0.05) is 48.0 Å². The van der Waals surface area contributed by atoms with Crippen molar-refractivity contribution in [1.82, 2.24) is 5.32 Å². The predicted molar refractivity (Wildman–Crippen MR) is 83.4 cm³/mol. The quantitative estimate of drug-likeness (QED) is 0.749. The molecule has 2 aliphatic rings. The lowest BCUT2D eigenvalue weighted by atomic mass is 9.80. The first-order valence-electron chi connectivity index (χ1n) is 8.12. The van der Waals surface area contributed by atoms with Gasteiger partial charge < -0.3 is 5.32 Å². The monoisotopic (exact) mass is 329 g/mol. The van der Waals surface area contributed by atoms with Crippen LogP contribution in [0.3, 0.4) is 0 Å². The minimum Gasteiger partial charge on any atom is -0.356 e. The van der Waals surface area contributed by atoms with Crippen molar-refractivity contribution in [2.75, 3.05) is 11.9 Å². The Morgan fingerprint density at radius 2 is 1.58 bits per heavy atom. The molecule has 0 heterocycles. The van der Waals surface area contributed by atoms with Gasteiger partial charge in [-0.15, -0.1) is 0 Å². The summed E-state index contributed by atoms with van der Waals surface area (Å²) in [6.07, 6.45) is 12.6. The average Bonchev–Trinajstić information content (AvgIpc) is 2.46. The number of alkyl halides is 1. The van der Waals surface area contributed by atoms with Gasteiger partial charge in [0.25, 0.3) is 0 Å². The highest BCUT2D eigenvalue weighted by Gasteiger charge is 2.25. The molecular formula is C16H28BrNO. The fraction of sp³-hybridized carbons (Fsp3) is 0.938. The Bertz CT molecular complexity index is 276. The third-order valence-electron chi connectivity index (χ3n) is 5.02. The summed E-state index contributed by atoms with van der Waals surface area (Å²) in [5.74, 6) is 2.42. The van der Waals surface area contributed by atoms with E-state index in [0.717, 1.165) is 24.2 Å². The Morgan fingerprint density at radius 1 is 0.947 bits per heavy atom. The van der Waals surface area contributed by atoms with Gasteiger partial charge in [0.05, 0.1) is 0 Å². The Labute approximate surface area is 126 Å². The molecule has 2 unspecified atom stereocenters. The van der Waals surface area contributed by atoms with Crippen LogP contribution >= 0.6 is 15.9 Å². The van der Waals surface area contributed by atoms with Crippen molar-refractivity contribution < 1.29 is 4.79 Å². The van der Waals surface area contributed by atoms with Crippen LogP contribution in [0.15, 0.2) is 0 Å². The van der Waals surface area contributed by atoms with Gasteiger partial charge in [0.15, 0.2) is 0 Å². The van der Waals surface area contributed by atoms with E-state index in [1.165, 1.54) is 57.8 Å². The van der Waals surface area contributed by atoms with Gasteiger partial charge in [-0.3, -0.25) is 4.79 Å². The molecule has 1 N–H and O–H groups in total. The number of carbonyl (C=O) groups is 1. The van der Waals surface area contributed by atoms with Crippen LogP contribution in [0.5, 0.6) is 0 Å². The van der Waals surface area contributed by atoms with Crippen LogP contribution in [-0.2, 0) is 4.79 Å². The molecule has 2 nitrogen and oxygen atoms in total. The topological polar surface area (TPSA) is 29.1 Å². The molecular weight excluding hydrogens is 302 g/mol. The largest absolute Gasteiger partial charge is 0.356 e. The lowest BCUT2D eigenvalue weighted by molar-refractivity contribution is -0.122. The lowest BCUT2D eigenvalue weighted by Crippen LogP contribution is -2.35. The van der Waals surface area contributed by atoms with Crippen LogP contribution < -0.4 is 5.32 Å². The van der Waals surface area contributed by atoms with Gasteiger partial charge >= 0.3 is 0 Å². The number of nitrogens with one attached hydrogen (secondary N) is 1. The van der Waals surface area contributed by atoms with E-state index in [-0.39, 0.29) is 0 Å². The zero-order valence-corrected chi connectivity index (χ0v) is 13.6. The molecule has 0 aliphatic heterocycles. The van der Waals surface area contributed by atoms with Crippen molar-refractivity contribution >= 4 is 21.8 Å². The molecule has 3 heteroatoms. The molecule has 0 aromatic rings. The first-order valence-corrected chi connectivity index (χ1v) is 9.24. The second kappa shape index (κ2) is 8.28.